The van der Waals surface area contributed by atoms with Gasteiger partial charge in [-0.25, -0.2) is 9.69 Å². The van der Waals surface area contributed by atoms with Crippen molar-refractivity contribution in [1.82, 2.24) is 15.2 Å². The summed E-state index contributed by atoms with van der Waals surface area (Å²) in [4.78, 5) is 47.4. The van der Waals surface area contributed by atoms with E-state index >= 15 is 0 Å². The number of ether oxygens (including phenoxy) is 1. The number of carbonyl (C=O) groups is 3. The Hall–Kier alpha value is -3.81. The van der Waals surface area contributed by atoms with E-state index < -0.39 is 11.6 Å². The van der Waals surface area contributed by atoms with Gasteiger partial charge in [-0.1, -0.05) is 38.8 Å². The molecule has 4 amide bonds. The quantitative estimate of drug-likeness (QED) is 0.394. The van der Waals surface area contributed by atoms with Gasteiger partial charge in [-0.05, 0) is 68.5 Å². The SMILES string of the molecule is COc1ccc2[nH]c3c(c2c1)CCN1C(=O)N(c2ccccc2C(=O)NC(C)CCCC(C)C)C(=O)C31C. The topological polar surface area (TPSA) is 94.7 Å². The fourth-order valence-electron chi connectivity index (χ4n) is 5.82. The molecule has 2 unspecified atom stereocenters. The Morgan fingerprint density at radius 1 is 1.13 bits per heavy atom. The number of rotatable bonds is 8. The van der Waals surface area contributed by atoms with Gasteiger partial charge in [-0.15, -0.1) is 0 Å². The highest BCUT2D eigenvalue weighted by atomic mass is 16.5. The van der Waals surface area contributed by atoms with Crippen molar-refractivity contribution in [3.8, 4) is 5.75 Å². The molecule has 0 aliphatic carbocycles. The molecule has 2 aliphatic rings. The van der Waals surface area contributed by atoms with Crippen LogP contribution in [0.25, 0.3) is 10.9 Å². The van der Waals surface area contributed by atoms with Gasteiger partial charge in [0.1, 0.15) is 5.75 Å². The summed E-state index contributed by atoms with van der Waals surface area (Å²) in [6.45, 7) is 8.55. The van der Waals surface area contributed by atoms with Gasteiger partial charge in [0.25, 0.3) is 11.8 Å². The smallest absolute Gasteiger partial charge is 0.332 e. The molecule has 0 radical (unpaired) electrons. The molecule has 1 fully saturated rings. The lowest BCUT2D eigenvalue weighted by Gasteiger charge is -2.35. The Labute approximate surface area is 223 Å². The van der Waals surface area contributed by atoms with Crippen molar-refractivity contribution in [3.05, 3.63) is 59.3 Å². The normalized spacial score (nSPS) is 19.6. The molecular weight excluding hydrogens is 480 g/mol. The minimum absolute atomic E-state index is 0.0194. The number of carbonyl (C=O) groups excluding carboxylic acids is 3. The fourth-order valence-corrected chi connectivity index (χ4v) is 5.82. The van der Waals surface area contributed by atoms with Crippen molar-refractivity contribution in [2.24, 2.45) is 5.92 Å². The van der Waals surface area contributed by atoms with Crippen molar-refractivity contribution in [2.45, 2.75) is 65.0 Å². The van der Waals surface area contributed by atoms with Crippen LogP contribution in [0, 0.1) is 5.92 Å². The molecule has 0 saturated carbocycles. The Morgan fingerprint density at radius 3 is 2.63 bits per heavy atom. The van der Waals surface area contributed by atoms with Gasteiger partial charge in [0.2, 0.25) is 0 Å². The van der Waals surface area contributed by atoms with Gasteiger partial charge in [0, 0.05) is 23.5 Å². The standard InChI is InChI=1S/C30H36N4O4/c1-18(2)9-8-10-19(3)31-27(35)22-11-6-7-12-25(22)34-28(36)30(4)26-21(15-16-33(30)29(34)37)23-17-20(38-5)13-14-24(23)32-26/h6-7,11-14,17-19,32H,8-10,15-16H2,1-5H3,(H,31,35). The number of urea groups is 1. The molecular formula is C30H36N4O4. The summed E-state index contributed by atoms with van der Waals surface area (Å²) < 4.78 is 5.41. The number of amides is 4. The largest absolute Gasteiger partial charge is 0.497 e. The van der Waals surface area contributed by atoms with Gasteiger partial charge in [0.15, 0.2) is 5.54 Å². The van der Waals surface area contributed by atoms with Crippen molar-refractivity contribution in [3.63, 3.8) is 0 Å². The minimum atomic E-state index is -1.20. The monoisotopic (exact) mass is 516 g/mol. The van der Waals surface area contributed by atoms with Crippen LogP contribution in [0.3, 0.4) is 0 Å². The molecule has 8 nitrogen and oxygen atoms in total. The van der Waals surface area contributed by atoms with Crippen LogP contribution in [-0.4, -0.2) is 47.4 Å². The van der Waals surface area contributed by atoms with Crippen LogP contribution in [0.2, 0.25) is 0 Å². The molecule has 1 aromatic heterocycles. The summed E-state index contributed by atoms with van der Waals surface area (Å²) in [6.07, 6.45) is 3.61. The summed E-state index contributed by atoms with van der Waals surface area (Å²) in [7, 11) is 1.63. The number of H-pyrrole nitrogens is 1. The number of hydrogen-bond donors (Lipinski definition) is 2. The second-order valence-corrected chi connectivity index (χ2v) is 11.0. The van der Waals surface area contributed by atoms with Crippen molar-refractivity contribution in [2.75, 3.05) is 18.6 Å². The van der Waals surface area contributed by atoms with Gasteiger partial charge in [-0.2, -0.15) is 0 Å². The Bertz CT molecular complexity index is 1410. The average Bonchev–Trinajstić information content (AvgIpc) is 3.36. The molecule has 0 bridgehead atoms. The van der Waals surface area contributed by atoms with E-state index in [2.05, 4.69) is 24.1 Å². The van der Waals surface area contributed by atoms with E-state index in [0.717, 1.165) is 41.5 Å². The maximum absolute atomic E-state index is 14.1. The number of hydrogen-bond acceptors (Lipinski definition) is 4. The third kappa shape index (κ3) is 4.12. The van der Waals surface area contributed by atoms with Crippen LogP contribution >= 0.6 is 0 Å². The first-order valence-corrected chi connectivity index (χ1v) is 13.4. The fraction of sp³-hybridized carbons (Fsp3) is 0.433. The molecule has 38 heavy (non-hydrogen) atoms. The Morgan fingerprint density at radius 2 is 1.89 bits per heavy atom. The number of nitrogens with one attached hydrogen (secondary N) is 2. The third-order valence-electron chi connectivity index (χ3n) is 7.95. The number of para-hydroxylation sites is 1. The van der Waals surface area contributed by atoms with E-state index in [1.807, 2.05) is 25.1 Å². The lowest BCUT2D eigenvalue weighted by Crippen LogP contribution is -2.49. The highest BCUT2D eigenvalue weighted by molar-refractivity contribution is 6.25. The molecule has 1 saturated heterocycles. The summed E-state index contributed by atoms with van der Waals surface area (Å²) in [5.74, 6) is 0.699. The number of aromatic nitrogens is 1. The summed E-state index contributed by atoms with van der Waals surface area (Å²) in [5, 5.41) is 4.05. The van der Waals surface area contributed by atoms with Crippen LogP contribution in [0.4, 0.5) is 10.5 Å². The second-order valence-electron chi connectivity index (χ2n) is 11.0. The number of nitrogens with zero attached hydrogens (tertiary/aromatic N) is 2. The van der Waals surface area contributed by atoms with Crippen molar-refractivity contribution < 1.29 is 19.1 Å². The maximum Gasteiger partial charge on any atom is 0.332 e. The molecule has 3 aromatic rings. The molecule has 2 aromatic carbocycles. The first-order chi connectivity index (χ1) is 18.2. The number of aromatic amines is 1. The molecule has 2 N–H and O–H groups in total. The molecule has 200 valence electrons. The van der Waals surface area contributed by atoms with Crippen molar-refractivity contribution in [1.29, 1.82) is 0 Å². The lowest BCUT2D eigenvalue weighted by molar-refractivity contribution is -0.125. The Balaban J connectivity index is 1.47. The number of anilines is 1. The molecule has 3 heterocycles. The molecule has 2 atom stereocenters. The zero-order valence-corrected chi connectivity index (χ0v) is 22.8. The first-order valence-electron chi connectivity index (χ1n) is 13.4. The predicted octanol–water partition coefficient (Wildman–Crippen LogP) is 5.36. The van der Waals surface area contributed by atoms with Gasteiger partial charge in [0.05, 0.1) is 24.1 Å². The third-order valence-corrected chi connectivity index (χ3v) is 7.95. The van der Waals surface area contributed by atoms with Crippen LogP contribution < -0.4 is 15.0 Å². The maximum atomic E-state index is 14.1. The number of imide groups is 1. The van der Waals surface area contributed by atoms with E-state index in [1.54, 1.807) is 43.2 Å². The lowest BCUT2D eigenvalue weighted by atomic mass is 9.87. The van der Waals surface area contributed by atoms with Crippen LogP contribution in [0.5, 0.6) is 5.75 Å². The Kier molecular flexibility index (Phi) is 6.67. The number of benzene rings is 2. The number of fused-ring (bicyclic) bond motifs is 5. The average molecular weight is 517 g/mol. The number of methoxy groups -OCH3 is 1. The van der Waals surface area contributed by atoms with E-state index in [-0.39, 0.29) is 17.9 Å². The van der Waals surface area contributed by atoms with E-state index in [4.69, 9.17) is 4.74 Å². The highest BCUT2D eigenvalue weighted by Crippen LogP contribution is 2.46. The van der Waals surface area contributed by atoms with Crippen LogP contribution in [0.15, 0.2) is 42.5 Å². The van der Waals surface area contributed by atoms with Crippen LogP contribution in [0.1, 0.15) is 68.6 Å². The van der Waals surface area contributed by atoms with Crippen molar-refractivity contribution >= 4 is 34.4 Å². The van der Waals surface area contributed by atoms with Gasteiger partial charge >= 0.3 is 6.03 Å². The molecule has 8 heteroatoms. The molecule has 2 aliphatic heterocycles. The summed E-state index contributed by atoms with van der Waals surface area (Å²) >= 11 is 0. The summed E-state index contributed by atoms with van der Waals surface area (Å²) in [6, 6.07) is 12.2. The minimum Gasteiger partial charge on any atom is -0.497 e. The van der Waals surface area contributed by atoms with Gasteiger partial charge in [-0.3, -0.25) is 9.59 Å². The zero-order chi connectivity index (χ0) is 27.2. The molecule has 5 rings (SSSR count). The van der Waals surface area contributed by atoms with E-state index in [0.29, 0.717) is 35.8 Å². The predicted molar refractivity (Wildman–Crippen MR) is 148 cm³/mol. The first kappa shape index (κ1) is 25.8. The summed E-state index contributed by atoms with van der Waals surface area (Å²) in [5.41, 5.74) is 2.04. The second kappa shape index (κ2) is 9.82. The highest BCUT2D eigenvalue weighted by Gasteiger charge is 2.59. The van der Waals surface area contributed by atoms with E-state index in [9.17, 15) is 14.4 Å². The molecule has 0 spiro atoms. The van der Waals surface area contributed by atoms with E-state index in [1.165, 1.54) is 4.90 Å². The van der Waals surface area contributed by atoms with Gasteiger partial charge < -0.3 is 19.9 Å². The zero-order valence-electron chi connectivity index (χ0n) is 22.8. The van der Waals surface area contributed by atoms with Crippen LogP contribution in [-0.2, 0) is 16.8 Å².